The van der Waals surface area contributed by atoms with Gasteiger partial charge in [-0.3, -0.25) is 9.69 Å². The van der Waals surface area contributed by atoms with Crippen molar-refractivity contribution < 1.29 is 18.8 Å². The molecule has 134 valence electrons. The summed E-state index contributed by atoms with van der Waals surface area (Å²) in [6.45, 7) is 3.36. The Balaban J connectivity index is 1.57. The summed E-state index contributed by atoms with van der Waals surface area (Å²) in [5, 5.41) is 14.2. The van der Waals surface area contributed by atoms with E-state index in [4.69, 9.17) is 4.52 Å². The fourth-order valence-corrected chi connectivity index (χ4v) is 3.56. The van der Waals surface area contributed by atoms with Crippen molar-refractivity contribution in [2.45, 2.75) is 31.9 Å². The van der Waals surface area contributed by atoms with E-state index in [2.05, 4.69) is 26.0 Å². The van der Waals surface area contributed by atoms with Gasteiger partial charge in [0.05, 0.1) is 0 Å². The van der Waals surface area contributed by atoms with Crippen LogP contribution in [-0.4, -0.2) is 40.1 Å². The van der Waals surface area contributed by atoms with E-state index in [1.165, 1.54) is 24.3 Å². The van der Waals surface area contributed by atoms with Crippen LogP contribution in [0.4, 0.5) is 4.39 Å². The Morgan fingerprint density at radius 1 is 1.36 bits per heavy atom. The molecule has 2 aromatic rings. The van der Waals surface area contributed by atoms with Crippen molar-refractivity contribution in [1.29, 1.82) is 0 Å². The van der Waals surface area contributed by atoms with Crippen molar-refractivity contribution in [1.82, 2.24) is 10.1 Å². The molecule has 2 heterocycles. The Morgan fingerprint density at radius 3 is 2.56 bits per heavy atom. The number of carbonyl (C=O) groups is 1. The van der Waals surface area contributed by atoms with Crippen molar-refractivity contribution in [3.63, 3.8) is 0 Å². The van der Waals surface area contributed by atoms with Crippen LogP contribution < -0.4 is 0 Å². The molecule has 3 rings (SSSR count). The monoisotopic (exact) mass is 410 g/mol. The Kier molecular flexibility index (Phi) is 5.66. The number of likely N-dealkylation sites (tertiary alicyclic amines) is 1. The lowest BCUT2D eigenvalue weighted by atomic mass is 9.88. The molecule has 0 spiro atoms. The van der Waals surface area contributed by atoms with Gasteiger partial charge >= 0.3 is 0 Å². The van der Waals surface area contributed by atoms with Gasteiger partial charge in [0, 0.05) is 23.6 Å². The highest BCUT2D eigenvalue weighted by atomic mass is 79.9. The molecule has 7 heteroatoms. The molecule has 2 unspecified atom stereocenters. The number of piperidine rings is 1. The molecule has 25 heavy (non-hydrogen) atoms. The number of nitrogens with zero attached hydrogens (tertiary/aromatic N) is 2. The SMILES string of the molecule is CC(C(O)c1cc(Br)no1)N1CCC(C(=O)c2ccc(F)cc2)CC1. The average molecular weight is 411 g/mol. The molecule has 0 amide bonds. The van der Waals surface area contributed by atoms with Crippen molar-refractivity contribution >= 4 is 21.7 Å². The second-order valence-electron chi connectivity index (χ2n) is 6.42. The largest absolute Gasteiger partial charge is 0.383 e. The highest BCUT2D eigenvalue weighted by Crippen LogP contribution is 2.28. The minimum Gasteiger partial charge on any atom is -0.383 e. The number of halogens is 2. The van der Waals surface area contributed by atoms with Crippen molar-refractivity contribution in [2.24, 2.45) is 5.92 Å². The van der Waals surface area contributed by atoms with Gasteiger partial charge in [0.15, 0.2) is 11.5 Å². The van der Waals surface area contributed by atoms with Crippen LogP contribution >= 0.6 is 15.9 Å². The van der Waals surface area contributed by atoms with Crippen molar-refractivity contribution in [2.75, 3.05) is 13.1 Å². The molecule has 1 aliphatic rings. The first-order valence-electron chi connectivity index (χ1n) is 8.29. The second kappa shape index (κ2) is 7.76. The molecule has 1 saturated heterocycles. The number of hydrogen-bond donors (Lipinski definition) is 1. The fourth-order valence-electron chi connectivity index (χ4n) is 3.26. The molecular formula is C18H20BrFN2O3. The lowest BCUT2D eigenvalue weighted by Crippen LogP contribution is -2.44. The van der Waals surface area contributed by atoms with Gasteiger partial charge in [0.2, 0.25) is 0 Å². The summed E-state index contributed by atoms with van der Waals surface area (Å²) in [6.07, 6.45) is 0.656. The third kappa shape index (κ3) is 4.16. The minimum atomic E-state index is -0.775. The maximum atomic E-state index is 13.0. The molecule has 1 N–H and O–H groups in total. The predicted octanol–water partition coefficient (Wildman–Crippen LogP) is 3.59. The van der Waals surface area contributed by atoms with Crippen LogP contribution in [0.3, 0.4) is 0 Å². The van der Waals surface area contributed by atoms with E-state index >= 15 is 0 Å². The number of aliphatic hydroxyl groups excluding tert-OH is 1. The average Bonchev–Trinajstić information content (AvgIpc) is 3.07. The summed E-state index contributed by atoms with van der Waals surface area (Å²) >= 11 is 3.21. The molecule has 0 bridgehead atoms. The minimum absolute atomic E-state index is 0.0621. The quantitative estimate of drug-likeness (QED) is 0.762. The summed E-state index contributed by atoms with van der Waals surface area (Å²) in [7, 11) is 0. The third-order valence-corrected chi connectivity index (χ3v) is 5.23. The first-order chi connectivity index (χ1) is 12.0. The van der Waals surface area contributed by atoms with E-state index in [0.717, 1.165) is 0 Å². The zero-order valence-corrected chi connectivity index (χ0v) is 15.4. The highest BCUT2D eigenvalue weighted by molar-refractivity contribution is 9.10. The maximum Gasteiger partial charge on any atom is 0.167 e. The Morgan fingerprint density at radius 2 is 2.00 bits per heavy atom. The van der Waals surface area contributed by atoms with Gasteiger partial charge in [-0.05, 0) is 73.1 Å². The van der Waals surface area contributed by atoms with Gasteiger partial charge in [0.25, 0.3) is 0 Å². The van der Waals surface area contributed by atoms with Crippen LogP contribution in [0.25, 0.3) is 0 Å². The lowest BCUT2D eigenvalue weighted by molar-refractivity contribution is 0.0224. The van der Waals surface area contributed by atoms with Gasteiger partial charge in [-0.2, -0.15) is 0 Å². The van der Waals surface area contributed by atoms with Gasteiger partial charge in [-0.15, -0.1) is 0 Å². The highest BCUT2D eigenvalue weighted by Gasteiger charge is 2.32. The van der Waals surface area contributed by atoms with Crippen LogP contribution in [0, 0.1) is 11.7 Å². The number of Topliss-reactive ketones (excluding diaryl/α,β-unsaturated/α-hetero) is 1. The van der Waals surface area contributed by atoms with Crippen LogP contribution in [0.15, 0.2) is 39.5 Å². The maximum absolute atomic E-state index is 13.0. The number of aromatic nitrogens is 1. The smallest absolute Gasteiger partial charge is 0.167 e. The van der Waals surface area contributed by atoms with E-state index in [1.807, 2.05) is 6.92 Å². The Hall–Kier alpha value is -1.57. The summed E-state index contributed by atoms with van der Waals surface area (Å²) in [4.78, 5) is 14.7. The van der Waals surface area contributed by atoms with E-state index in [0.29, 0.717) is 41.9 Å². The number of benzene rings is 1. The Labute approximate surface area is 153 Å². The van der Waals surface area contributed by atoms with E-state index in [9.17, 15) is 14.3 Å². The molecule has 0 saturated carbocycles. The molecule has 1 aliphatic heterocycles. The predicted molar refractivity (Wildman–Crippen MR) is 93.7 cm³/mol. The van der Waals surface area contributed by atoms with Gasteiger partial charge < -0.3 is 9.63 Å². The van der Waals surface area contributed by atoms with Gasteiger partial charge in [-0.25, -0.2) is 4.39 Å². The fraction of sp³-hybridized carbons (Fsp3) is 0.444. The first kappa shape index (κ1) is 18.2. The number of rotatable bonds is 5. The standard InChI is InChI=1S/C18H20BrFN2O3/c1-11(17(23)15-10-16(19)21-25-15)22-8-6-13(7-9-22)18(24)12-2-4-14(20)5-3-12/h2-5,10-11,13,17,23H,6-9H2,1H3. The molecule has 1 fully saturated rings. The molecular weight excluding hydrogens is 391 g/mol. The first-order valence-corrected chi connectivity index (χ1v) is 9.09. The zero-order chi connectivity index (χ0) is 18.0. The summed E-state index contributed by atoms with van der Waals surface area (Å²) < 4.78 is 18.7. The van der Waals surface area contributed by atoms with Crippen LogP contribution in [0.1, 0.15) is 42.0 Å². The molecule has 1 aromatic carbocycles. The zero-order valence-electron chi connectivity index (χ0n) is 13.9. The summed E-state index contributed by atoms with van der Waals surface area (Å²) in [5.41, 5.74) is 0.555. The third-order valence-electron chi connectivity index (χ3n) is 4.85. The molecule has 1 aromatic heterocycles. The van der Waals surface area contributed by atoms with E-state index in [1.54, 1.807) is 6.07 Å². The van der Waals surface area contributed by atoms with Crippen LogP contribution in [0.5, 0.6) is 0 Å². The number of aliphatic hydroxyl groups is 1. The van der Waals surface area contributed by atoms with Gasteiger partial charge in [-0.1, -0.05) is 5.16 Å². The normalized spacial score (nSPS) is 18.9. The topological polar surface area (TPSA) is 66.6 Å². The van der Waals surface area contributed by atoms with Crippen molar-refractivity contribution in [3.05, 3.63) is 52.1 Å². The summed E-state index contributed by atoms with van der Waals surface area (Å²) in [6, 6.07) is 7.23. The molecule has 5 nitrogen and oxygen atoms in total. The number of hydrogen-bond acceptors (Lipinski definition) is 5. The second-order valence-corrected chi connectivity index (χ2v) is 7.23. The Bertz CT molecular complexity index is 726. The van der Waals surface area contributed by atoms with Crippen molar-refractivity contribution in [3.8, 4) is 0 Å². The molecule has 2 atom stereocenters. The van der Waals surface area contributed by atoms with Crippen LogP contribution in [-0.2, 0) is 0 Å². The number of carbonyl (C=O) groups excluding carboxylic acids is 1. The van der Waals surface area contributed by atoms with Crippen LogP contribution in [0.2, 0.25) is 0 Å². The van der Waals surface area contributed by atoms with E-state index < -0.39 is 6.10 Å². The lowest BCUT2D eigenvalue weighted by Gasteiger charge is -2.36. The molecule has 0 radical (unpaired) electrons. The molecule has 0 aliphatic carbocycles. The number of ketones is 1. The summed E-state index contributed by atoms with van der Waals surface area (Å²) in [5.74, 6) is 0.0783. The van der Waals surface area contributed by atoms with Gasteiger partial charge in [0.1, 0.15) is 16.5 Å². The van der Waals surface area contributed by atoms with E-state index in [-0.39, 0.29) is 23.6 Å².